The Balaban J connectivity index is 1.62. The number of sulfonamides is 1. The van der Waals surface area contributed by atoms with E-state index in [1.165, 1.54) is 16.4 Å². The van der Waals surface area contributed by atoms with Crippen molar-refractivity contribution in [2.75, 3.05) is 25.0 Å². The number of hydrogen-bond acceptors (Lipinski definition) is 4. The van der Waals surface area contributed by atoms with E-state index < -0.39 is 10.0 Å². The smallest absolute Gasteiger partial charge is 0.243 e. The van der Waals surface area contributed by atoms with Crippen molar-refractivity contribution in [1.29, 1.82) is 0 Å². The number of carbonyl (C=O) groups is 2. The zero-order chi connectivity index (χ0) is 21.7. The molecule has 1 atom stereocenters. The minimum Gasteiger partial charge on any atom is -0.339 e. The zero-order valence-electron chi connectivity index (χ0n) is 18.0. The predicted octanol–water partition coefficient (Wildman–Crippen LogP) is 3.23. The van der Waals surface area contributed by atoms with E-state index in [0.717, 1.165) is 38.5 Å². The summed E-state index contributed by atoms with van der Waals surface area (Å²) in [4.78, 5) is 27.1. The first-order valence-corrected chi connectivity index (χ1v) is 12.5. The van der Waals surface area contributed by atoms with Gasteiger partial charge in [-0.1, -0.05) is 26.7 Å². The number of anilines is 1. The Bertz CT molecular complexity index is 842. The molecule has 0 spiro atoms. The van der Waals surface area contributed by atoms with Crippen molar-refractivity contribution in [3.05, 3.63) is 24.3 Å². The Kier molecular flexibility index (Phi) is 7.52. The van der Waals surface area contributed by atoms with Crippen molar-refractivity contribution in [1.82, 2.24) is 9.21 Å². The molecule has 1 N–H and O–H groups in total. The zero-order valence-corrected chi connectivity index (χ0v) is 18.8. The summed E-state index contributed by atoms with van der Waals surface area (Å²) in [6, 6.07) is 6.59. The normalized spacial score (nSPS) is 20.3. The molecule has 7 nitrogen and oxygen atoms in total. The van der Waals surface area contributed by atoms with Gasteiger partial charge in [0.1, 0.15) is 0 Å². The molecule has 3 rings (SSSR count). The first-order valence-electron chi connectivity index (χ1n) is 11.1. The lowest BCUT2D eigenvalue weighted by Gasteiger charge is -2.24. The fourth-order valence-electron chi connectivity index (χ4n) is 4.43. The summed E-state index contributed by atoms with van der Waals surface area (Å²) in [5.41, 5.74) is 0.545. The number of nitrogens with one attached hydrogen (secondary N) is 1. The van der Waals surface area contributed by atoms with E-state index in [2.05, 4.69) is 5.32 Å². The van der Waals surface area contributed by atoms with E-state index in [4.69, 9.17) is 0 Å². The summed E-state index contributed by atoms with van der Waals surface area (Å²) in [6.45, 7) is 5.37. The fraction of sp³-hybridized carbons (Fsp3) is 0.636. The monoisotopic (exact) mass is 435 g/mol. The summed E-state index contributed by atoms with van der Waals surface area (Å²) in [5, 5.41) is 2.85. The van der Waals surface area contributed by atoms with Gasteiger partial charge >= 0.3 is 0 Å². The van der Waals surface area contributed by atoms with E-state index in [1.54, 1.807) is 12.1 Å². The van der Waals surface area contributed by atoms with Gasteiger partial charge in [-0.3, -0.25) is 9.59 Å². The second-order valence-corrected chi connectivity index (χ2v) is 10.2. The van der Waals surface area contributed by atoms with Crippen LogP contribution in [0.25, 0.3) is 0 Å². The minimum absolute atomic E-state index is 0.0652. The number of nitrogens with zero attached hydrogens (tertiary/aromatic N) is 2. The highest BCUT2D eigenvalue weighted by Gasteiger charge is 2.38. The minimum atomic E-state index is -3.54. The van der Waals surface area contributed by atoms with Gasteiger partial charge in [-0.15, -0.1) is 0 Å². The second kappa shape index (κ2) is 9.92. The van der Waals surface area contributed by atoms with Gasteiger partial charge in [0.15, 0.2) is 0 Å². The van der Waals surface area contributed by atoms with E-state index in [1.807, 2.05) is 18.7 Å². The van der Waals surface area contributed by atoms with Crippen molar-refractivity contribution in [3.8, 4) is 0 Å². The van der Waals surface area contributed by atoms with Crippen molar-refractivity contribution < 1.29 is 18.0 Å². The van der Waals surface area contributed by atoms with Crippen LogP contribution in [-0.4, -0.2) is 55.1 Å². The first-order chi connectivity index (χ1) is 14.4. The number of hydrogen-bond donors (Lipinski definition) is 1. The van der Waals surface area contributed by atoms with Crippen LogP contribution in [0, 0.1) is 5.92 Å². The molecule has 1 saturated carbocycles. The molecule has 1 aliphatic carbocycles. The number of carbonyl (C=O) groups excluding carboxylic acids is 2. The molecule has 1 aromatic rings. The number of likely N-dealkylation sites (tertiary alicyclic amines) is 1. The highest BCUT2D eigenvalue weighted by molar-refractivity contribution is 7.89. The molecule has 2 fully saturated rings. The Morgan fingerprint density at radius 2 is 1.70 bits per heavy atom. The van der Waals surface area contributed by atoms with E-state index in [-0.39, 0.29) is 35.1 Å². The quantitative estimate of drug-likeness (QED) is 0.645. The number of amides is 2. The van der Waals surface area contributed by atoms with Gasteiger partial charge in [-0.2, -0.15) is 4.31 Å². The molecule has 8 heteroatoms. The Hall–Kier alpha value is -1.93. The summed E-state index contributed by atoms with van der Waals surface area (Å²) in [6.07, 6.45) is 6.11. The third kappa shape index (κ3) is 5.03. The first kappa shape index (κ1) is 22.7. The second-order valence-electron chi connectivity index (χ2n) is 8.30. The van der Waals surface area contributed by atoms with Crippen LogP contribution in [0.3, 0.4) is 0 Å². The van der Waals surface area contributed by atoms with Crippen LogP contribution < -0.4 is 5.32 Å². The molecular formula is C22H33N3O4S. The summed E-state index contributed by atoms with van der Waals surface area (Å²) < 4.78 is 27.2. The maximum Gasteiger partial charge on any atom is 0.243 e. The highest BCUT2D eigenvalue weighted by atomic mass is 32.2. The standard InChI is InChI=1S/C22H33N3O4S/c1-3-13-24(14-4-2)30(28,29)20-11-9-18(10-12-20)23-22(27)17-15-21(26)25(16-17)19-7-5-6-8-19/h9-12,17,19H,3-8,13-16H2,1-2H3,(H,23,27). The average Bonchev–Trinajstić information content (AvgIpc) is 3.37. The molecule has 1 aliphatic heterocycles. The average molecular weight is 436 g/mol. The third-order valence-electron chi connectivity index (χ3n) is 6.00. The molecule has 2 amide bonds. The fourth-order valence-corrected chi connectivity index (χ4v) is 6.05. The van der Waals surface area contributed by atoms with Crippen molar-refractivity contribution >= 4 is 27.5 Å². The van der Waals surface area contributed by atoms with E-state index in [9.17, 15) is 18.0 Å². The summed E-state index contributed by atoms with van der Waals surface area (Å²) in [7, 11) is -3.54. The molecule has 0 aromatic heterocycles. The van der Waals surface area contributed by atoms with Crippen LogP contribution in [0.15, 0.2) is 29.2 Å². The molecule has 1 aromatic carbocycles. The van der Waals surface area contributed by atoms with Crippen LogP contribution in [0.1, 0.15) is 58.8 Å². The molecule has 1 heterocycles. The lowest BCUT2D eigenvalue weighted by atomic mass is 10.1. The molecule has 166 valence electrons. The molecule has 1 saturated heterocycles. The van der Waals surface area contributed by atoms with Crippen molar-refractivity contribution in [2.45, 2.75) is 69.7 Å². The van der Waals surface area contributed by atoms with Gasteiger partial charge in [0.05, 0.1) is 10.8 Å². The Labute approximate surface area is 179 Å². The lowest BCUT2D eigenvalue weighted by molar-refractivity contribution is -0.129. The van der Waals surface area contributed by atoms with Crippen LogP contribution in [-0.2, 0) is 19.6 Å². The van der Waals surface area contributed by atoms with Gasteiger partial charge in [-0.05, 0) is 49.9 Å². The summed E-state index contributed by atoms with van der Waals surface area (Å²) in [5.74, 6) is -0.473. The maximum absolute atomic E-state index is 12.8. The number of rotatable bonds is 9. The van der Waals surface area contributed by atoms with Crippen molar-refractivity contribution in [2.24, 2.45) is 5.92 Å². The molecule has 30 heavy (non-hydrogen) atoms. The number of benzene rings is 1. The van der Waals surface area contributed by atoms with Gasteiger partial charge in [0.25, 0.3) is 0 Å². The summed E-state index contributed by atoms with van der Waals surface area (Å²) >= 11 is 0. The topological polar surface area (TPSA) is 86.8 Å². The van der Waals surface area contributed by atoms with Crippen LogP contribution in [0.4, 0.5) is 5.69 Å². The van der Waals surface area contributed by atoms with E-state index >= 15 is 0 Å². The maximum atomic E-state index is 12.8. The predicted molar refractivity (Wildman–Crippen MR) is 116 cm³/mol. The highest BCUT2D eigenvalue weighted by Crippen LogP contribution is 2.30. The molecule has 1 unspecified atom stereocenters. The van der Waals surface area contributed by atoms with Crippen molar-refractivity contribution in [3.63, 3.8) is 0 Å². The van der Waals surface area contributed by atoms with Crippen LogP contribution in [0.5, 0.6) is 0 Å². The molecule has 0 radical (unpaired) electrons. The van der Waals surface area contributed by atoms with Gasteiger partial charge in [-0.25, -0.2) is 8.42 Å². The van der Waals surface area contributed by atoms with Gasteiger partial charge < -0.3 is 10.2 Å². The van der Waals surface area contributed by atoms with Crippen LogP contribution in [0.2, 0.25) is 0 Å². The Morgan fingerprint density at radius 3 is 2.27 bits per heavy atom. The lowest BCUT2D eigenvalue weighted by Crippen LogP contribution is -2.35. The third-order valence-corrected chi connectivity index (χ3v) is 7.91. The molecule has 2 aliphatic rings. The Morgan fingerprint density at radius 1 is 1.10 bits per heavy atom. The SMILES string of the molecule is CCCN(CCC)S(=O)(=O)c1ccc(NC(=O)C2CC(=O)N(C3CCCC3)C2)cc1. The largest absolute Gasteiger partial charge is 0.339 e. The van der Waals surface area contributed by atoms with Crippen LogP contribution >= 0.6 is 0 Å². The van der Waals surface area contributed by atoms with Gasteiger partial charge in [0, 0.05) is 37.8 Å². The molecular weight excluding hydrogens is 402 g/mol. The molecule has 0 bridgehead atoms. The van der Waals surface area contributed by atoms with Gasteiger partial charge in [0.2, 0.25) is 21.8 Å². The van der Waals surface area contributed by atoms with E-state index in [0.29, 0.717) is 25.3 Å².